The summed E-state index contributed by atoms with van der Waals surface area (Å²) in [5.74, 6) is -0.696. The molecule has 6 heteroatoms. The van der Waals surface area contributed by atoms with Crippen molar-refractivity contribution >= 4 is 40.8 Å². The molecule has 0 bridgehead atoms. The summed E-state index contributed by atoms with van der Waals surface area (Å²) in [7, 11) is 1.30. The third-order valence-electron chi connectivity index (χ3n) is 3.23. The Hall–Kier alpha value is -2.04. The molecule has 0 radical (unpaired) electrons. The maximum Gasteiger partial charge on any atom is 0.339 e. The van der Waals surface area contributed by atoms with Gasteiger partial charge in [-0.3, -0.25) is 4.79 Å². The molecule has 120 valence electrons. The van der Waals surface area contributed by atoms with E-state index in [0.29, 0.717) is 27.7 Å². The SMILES string of the molecule is COC(=O)c1ccccc1NC(=O)CCc1ccc(Cl)c(Cl)c1. The van der Waals surface area contributed by atoms with Crippen molar-refractivity contribution in [2.75, 3.05) is 12.4 Å². The molecule has 0 heterocycles. The van der Waals surface area contributed by atoms with Crippen LogP contribution in [0.4, 0.5) is 5.69 Å². The molecule has 0 spiro atoms. The van der Waals surface area contributed by atoms with Crippen LogP contribution in [0.5, 0.6) is 0 Å². The Morgan fingerprint density at radius 3 is 2.52 bits per heavy atom. The quantitative estimate of drug-likeness (QED) is 0.814. The summed E-state index contributed by atoms with van der Waals surface area (Å²) in [5.41, 5.74) is 1.66. The van der Waals surface area contributed by atoms with Crippen molar-refractivity contribution in [3.63, 3.8) is 0 Å². The Morgan fingerprint density at radius 1 is 1.09 bits per heavy atom. The number of para-hydroxylation sites is 1. The number of nitrogens with one attached hydrogen (secondary N) is 1. The van der Waals surface area contributed by atoms with E-state index in [1.807, 2.05) is 6.07 Å². The van der Waals surface area contributed by atoms with Gasteiger partial charge in [0, 0.05) is 6.42 Å². The highest BCUT2D eigenvalue weighted by molar-refractivity contribution is 6.42. The molecule has 0 aliphatic heterocycles. The lowest BCUT2D eigenvalue weighted by Crippen LogP contribution is -2.15. The molecular formula is C17H15Cl2NO3. The molecule has 0 unspecified atom stereocenters. The van der Waals surface area contributed by atoms with Crippen LogP contribution in [-0.2, 0) is 16.0 Å². The molecule has 0 aromatic heterocycles. The summed E-state index contributed by atoms with van der Waals surface area (Å²) < 4.78 is 4.69. The average molecular weight is 352 g/mol. The van der Waals surface area contributed by atoms with Gasteiger partial charge < -0.3 is 10.1 Å². The molecule has 0 fully saturated rings. The van der Waals surface area contributed by atoms with Gasteiger partial charge in [-0.05, 0) is 36.2 Å². The van der Waals surface area contributed by atoms with Gasteiger partial charge in [0.2, 0.25) is 5.91 Å². The first-order chi connectivity index (χ1) is 11.0. The van der Waals surface area contributed by atoms with Gasteiger partial charge in [-0.15, -0.1) is 0 Å². The monoisotopic (exact) mass is 351 g/mol. The number of hydrogen-bond acceptors (Lipinski definition) is 3. The summed E-state index contributed by atoms with van der Waals surface area (Å²) in [6, 6.07) is 12.0. The minimum absolute atomic E-state index is 0.201. The van der Waals surface area contributed by atoms with E-state index in [2.05, 4.69) is 5.32 Å². The number of aryl methyl sites for hydroxylation is 1. The Balaban J connectivity index is 2.00. The van der Waals surface area contributed by atoms with Crippen molar-refractivity contribution < 1.29 is 14.3 Å². The first-order valence-electron chi connectivity index (χ1n) is 6.92. The Bertz CT molecular complexity index is 732. The summed E-state index contributed by atoms with van der Waals surface area (Å²) >= 11 is 11.8. The Morgan fingerprint density at radius 2 is 1.83 bits per heavy atom. The fraction of sp³-hybridized carbons (Fsp3) is 0.176. The highest BCUT2D eigenvalue weighted by atomic mass is 35.5. The number of esters is 1. The molecule has 2 aromatic carbocycles. The van der Waals surface area contributed by atoms with Crippen LogP contribution in [0, 0.1) is 0 Å². The number of ether oxygens (including phenoxy) is 1. The molecule has 2 aromatic rings. The minimum atomic E-state index is -0.495. The zero-order valence-corrected chi connectivity index (χ0v) is 13.9. The zero-order valence-electron chi connectivity index (χ0n) is 12.4. The average Bonchev–Trinajstić information content (AvgIpc) is 2.55. The zero-order chi connectivity index (χ0) is 16.8. The molecular weight excluding hydrogens is 337 g/mol. The predicted octanol–water partition coefficient (Wildman–Crippen LogP) is 4.35. The third kappa shape index (κ3) is 4.71. The standard InChI is InChI=1S/C17H15Cl2NO3/c1-23-17(22)12-4-2-3-5-15(12)20-16(21)9-7-11-6-8-13(18)14(19)10-11/h2-6,8,10H,7,9H2,1H3,(H,20,21). The second-order valence-electron chi connectivity index (χ2n) is 4.83. The van der Waals surface area contributed by atoms with Crippen LogP contribution in [-0.4, -0.2) is 19.0 Å². The highest BCUT2D eigenvalue weighted by Crippen LogP contribution is 2.23. The van der Waals surface area contributed by atoms with Gasteiger partial charge in [-0.2, -0.15) is 0 Å². The van der Waals surface area contributed by atoms with Crippen LogP contribution in [0.1, 0.15) is 22.3 Å². The highest BCUT2D eigenvalue weighted by Gasteiger charge is 2.13. The fourth-order valence-electron chi connectivity index (χ4n) is 2.05. The first-order valence-corrected chi connectivity index (χ1v) is 7.68. The fourth-order valence-corrected chi connectivity index (χ4v) is 2.37. The van der Waals surface area contributed by atoms with Gasteiger partial charge in [-0.25, -0.2) is 4.79 Å². The van der Waals surface area contributed by atoms with E-state index in [4.69, 9.17) is 27.9 Å². The van der Waals surface area contributed by atoms with Crippen molar-refractivity contribution in [3.05, 3.63) is 63.6 Å². The number of methoxy groups -OCH3 is 1. The second-order valence-corrected chi connectivity index (χ2v) is 5.65. The first kappa shape index (κ1) is 17.3. The number of carbonyl (C=O) groups is 2. The third-order valence-corrected chi connectivity index (χ3v) is 3.97. The predicted molar refractivity (Wildman–Crippen MR) is 91.2 cm³/mol. The molecule has 1 N–H and O–H groups in total. The van der Waals surface area contributed by atoms with E-state index in [9.17, 15) is 9.59 Å². The van der Waals surface area contributed by atoms with Gasteiger partial charge >= 0.3 is 5.97 Å². The van der Waals surface area contributed by atoms with E-state index in [0.717, 1.165) is 5.56 Å². The molecule has 0 aliphatic carbocycles. The van der Waals surface area contributed by atoms with Gasteiger partial charge in [0.1, 0.15) is 0 Å². The van der Waals surface area contributed by atoms with Crippen LogP contribution in [0.2, 0.25) is 10.0 Å². The van der Waals surface area contributed by atoms with Crippen molar-refractivity contribution in [3.8, 4) is 0 Å². The van der Waals surface area contributed by atoms with Crippen LogP contribution in [0.15, 0.2) is 42.5 Å². The number of amides is 1. The van der Waals surface area contributed by atoms with Gasteiger partial charge in [-0.1, -0.05) is 41.4 Å². The second kappa shape index (κ2) is 7.99. The molecule has 0 saturated carbocycles. The lowest BCUT2D eigenvalue weighted by Gasteiger charge is -2.09. The van der Waals surface area contributed by atoms with Crippen LogP contribution < -0.4 is 5.32 Å². The molecule has 0 aliphatic rings. The normalized spacial score (nSPS) is 10.2. The minimum Gasteiger partial charge on any atom is -0.465 e. The van der Waals surface area contributed by atoms with E-state index in [1.165, 1.54) is 7.11 Å². The van der Waals surface area contributed by atoms with Crippen LogP contribution >= 0.6 is 23.2 Å². The molecule has 2 rings (SSSR count). The number of carbonyl (C=O) groups excluding carboxylic acids is 2. The molecule has 0 saturated heterocycles. The van der Waals surface area contributed by atoms with Crippen molar-refractivity contribution in [2.45, 2.75) is 12.8 Å². The topological polar surface area (TPSA) is 55.4 Å². The van der Waals surface area contributed by atoms with Gasteiger partial charge in [0.25, 0.3) is 0 Å². The van der Waals surface area contributed by atoms with E-state index in [-0.39, 0.29) is 12.3 Å². The van der Waals surface area contributed by atoms with Crippen molar-refractivity contribution in [1.82, 2.24) is 0 Å². The molecule has 4 nitrogen and oxygen atoms in total. The smallest absolute Gasteiger partial charge is 0.339 e. The summed E-state index contributed by atoms with van der Waals surface area (Å²) in [4.78, 5) is 23.7. The maximum atomic E-state index is 12.1. The molecule has 0 atom stereocenters. The number of benzene rings is 2. The Kier molecular flexibility index (Phi) is 6.02. The summed E-state index contributed by atoms with van der Waals surface area (Å²) in [5, 5.41) is 3.66. The van der Waals surface area contributed by atoms with Crippen molar-refractivity contribution in [1.29, 1.82) is 0 Å². The number of halogens is 2. The van der Waals surface area contributed by atoms with E-state index < -0.39 is 5.97 Å². The lowest BCUT2D eigenvalue weighted by molar-refractivity contribution is -0.116. The maximum absolute atomic E-state index is 12.1. The molecule has 23 heavy (non-hydrogen) atoms. The van der Waals surface area contributed by atoms with Crippen LogP contribution in [0.25, 0.3) is 0 Å². The van der Waals surface area contributed by atoms with Gasteiger partial charge in [0.05, 0.1) is 28.4 Å². The Labute approximate surface area is 144 Å². The largest absolute Gasteiger partial charge is 0.465 e. The number of anilines is 1. The number of hydrogen-bond donors (Lipinski definition) is 1. The van der Waals surface area contributed by atoms with E-state index >= 15 is 0 Å². The van der Waals surface area contributed by atoms with Crippen LogP contribution in [0.3, 0.4) is 0 Å². The lowest BCUT2D eigenvalue weighted by atomic mass is 10.1. The molecule has 1 amide bonds. The summed E-state index contributed by atoms with van der Waals surface area (Å²) in [6.45, 7) is 0. The van der Waals surface area contributed by atoms with Crippen molar-refractivity contribution in [2.24, 2.45) is 0 Å². The number of rotatable bonds is 5. The van der Waals surface area contributed by atoms with E-state index in [1.54, 1.807) is 36.4 Å². The summed E-state index contributed by atoms with van der Waals surface area (Å²) in [6.07, 6.45) is 0.774. The van der Waals surface area contributed by atoms with Gasteiger partial charge in [0.15, 0.2) is 0 Å².